The van der Waals surface area contributed by atoms with Gasteiger partial charge >= 0.3 is 0 Å². The van der Waals surface area contributed by atoms with Crippen LogP contribution in [0.25, 0.3) is 0 Å². The SMILES string of the molecule is C[C@@]1(N)CCC[N]C1. The van der Waals surface area contributed by atoms with Crippen LogP contribution in [0.5, 0.6) is 0 Å². The predicted molar refractivity (Wildman–Crippen MR) is 33.7 cm³/mol. The second-order valence-corrected chi connectivity index (χ2v) is 2.86. The summed E-state index contributed by atoms with van der Waals surface area (Å²) in [6.45, 7) is 3.94. The molecule has 0 spiro atoms. The lowest BCUT2D eigenvalue weighted by Crippen LogP contribution is -2.47. The molecule has 1 saturated heterocycles. The van der Waals surface area contributed by atoms with Crippen molar-refractivity contribution in [3.05, 3.63) is 0 Å². The zero-order valence-corrected chi connectivity index (χ0v) is 5.35. The van der Waals surface area contributed by atoms with Gasteiger partial charge in [-0.1, -0.05) is 0 Å². The Morgan fingerprint density at radius 1 is 1.62 bits per heavy atom. The fraction of sp³-hybridized carbons (Fsp3) is 1.00. The lowest BCUT2D eigenvalue weighted by molar-refractivity contribution is 0.337. The second-order valence-electron chi connectivity index (χ2n) is 2.86. The zero-order valence-electron chi connectivity index (χ0n) is 5.35. The quantitative estimate of drug-likeness (QED) is 0.475. The van der Waals surface area contributed by atoms with Crippen LogP contribution in [-0.4, -0.2) is 18.6 Å². The summed E-state index contributed by atoms with van der Waals surface area (Å²) in [5.41, 5.74) is 5.80. The Balaban J connectivity index is 2.33. The van der Waals surface area contributed by atoms with Gasteiger partial charge in [-0.15, -0.1) is 0 Å². The first kappa shape index (κ1) is 6.05. The Bertz CT molecular complexity index is 70.6. The van der Waals surface area contributed by atoms with Crippen LogP contribution < -0.4 is 11.1 Å². The van der Waals surface area contributed by atoms with E-state index in [-0.39, 0.29) is 5.54 Å². The van der Waals surface area contributed by atoms with Gasteiger partial charge in [0.2, 0.25) is 0 Å². The Labute approximate surface area is 50.4 Å². The summed E-state index contributed by atoms with van der Waals surface area (Å²) in [7, 11) is 0. The van der Waals surface area contributed by atoms with Crippen molar-refractivity contribution in [2.24, 2.45) is 5.73 Å². The van der Waals surface area contributed by atoms with Gasteiger partial charge in [0.1, 0.15) is 0 Å². The number of piperidine rings is 1. The summed E-state index contributed by atoms with van der Waals surface area (Å²) >= 11 is 0. The van der Waals surface area contributed by atoms with Crippen LogP contribution in [0.15, 0.2) is 0 Å². The van der Waals surface area contributed by atoms with Crippen LogP contribution in [0.4, 0.5) is 0 Å². The topological polar surface area (TPSA) is 40.1 Å². The molecule has 1 aliphatic rings. The average Bonchev–Trinajstić information content (AvgIpc) is 1.65. The van der Waals surface area contributed by atoms with E-state index in [4.69, 9.17) is 5.73 Å². The minimum absolute atomic E-state index is 0.0122. The Kier molecular flexibility index (Phi) is 1.54. The van der Waals surface area contributed by atoms with E-state index in [1.54, 1.807) is 0 Å². The molecule has 47 valence electrons. The van der Waals surface area contributed by atoms with Gasteiger partial charge in [-0.2, -0.15) is 0 Å². The molecule has 1 aliphatic heterocycles. The molecule has 0 aromatic rings. The van der Waals surface area contributed by atoms with E-state index in [0.717, 1.165) is 19.5 Å². The summed E-state index contributed by atoms with van der Waals surface area (Å²) in [5, 5.41) is 4.20. The highest BCUT2D eigenvalue weighted by Crippen LogP contribution is 2.11. The van der Waals surface area contributed by atoms with Gasteiger partial charge in [-0.05, 0) is 19.8 Å². The van der Waals surface area contributed by atoms with Crippen molar-refractivity contribution >= 4 is 0 Å². The van der Waals surface area contributed by atoms with Crippen molar-refractivity contribution in [2.75, 3.05) is 13.1 Å². The van der Waals surface area contributed by atoms with Crippen molar-refractivity contribution < 1.29 is 0 Å². The smallest absolute Gasteiger partial charge is 0.0311 e. The molecule has 0 saturated carbocycles. The summed E-state index contributed by atoms with van der Waals surface area (Å²) in [4.78, 5) is 0. The summed E-state index contributed by atoms with van der Waals surface area (Å²) in [5.74, 6) is 0. The summed E-state index contributed by atoms with van der Waals surface area (Å²) in [6.07, 6.45) is 2.31. The highest BCUT2D eigenvalue weighted by Gasteiger charge is 2.21. The molecule has 8 heavy (non-hydrogen) atoms. The molecule has 0 amide bonds. The van der Waals surface area contributed by atoms with Crippen molar-refractivity contribution in [3.8, 4) is 0 Å². The normalized spacial score (nSPS) is 39.8. The lowest BCUT2D eigenvalue weighted by atomic mass is 9.94. The molecule has 1 fully saturated rings. The maximum atomic E-state index is 5.78. The van der Waals surface area contributed by atoms with E-state index < -0.39 is 0 Å². The second kappa shape index (κ2) is 2.03. The maximum absolute atomic E-state index is 5.78. The number of nitrogens with two attached hydrogens (primary N) is 1. The van der Waals surface area contributed by atoms with Crippen LogP contribution in [0, 0.1) is 0 Å². The van der Waals surface area contributed by atoms with Crippen LogP contribution in [-0.2, 0) is 0 Å². The summed E-state index contributed by atoms with van der Waals surface area (Å²) < 4.78 is 0. The van der Waals surface area contributed by atoms with E-state index in [1.165, 1.54) is 6.42 Å². The monoisotopic (exact) mass is 113 g/mol. The molecule has 2 heteroatoms. The molecule has 0 aromatic heterocycles. The molecule has 1 rings (SSSR count). The molecule has 0 aliphatic carbocycles. The molecular formula is C6H13N2. The van der Waals surface area contributed by atoms with Crippen molar-refractivity contribution in [3.63, 3.8) is 0 Å². The van der Waals surface area contributed by atoms with E-state index in [2.05, 4.69) is 12.2 Å². The number of rotatable bonds is 0. The first-order valence-corrected chi connectivity index (χ1v) is 3.13. The van der Waals surface area contributed by atoms with Crippen LogP contribution >= 0.6 is 0 Å². The number of nitrogens with zero attached hydrogens (tertiary/aromatic N) is 1. The lowest BCUT2D eigenvalue weighted by Gasteiger charge is -2.28. The Morgan fingerprint density at radius 3 is 2.62 bits per heavy atom. The third-order valence-corrected chi connectivity index (χ3v) is 1.54. The van der Waals surface area contributed by atoms with E-state index in [0.29, 0.717) is 0 Å². The zero-order chi connectivity index (χ0) is 6.04. The van der Waals surface area contributed by atoms with E-state index in [9.17, 15) is 0 Å². The fourth-order valence-corrected chi connectivity index (χ4v) is 1.01. The highest BCUT2D eigenvalue weighted by atomic mass is 14.9. The molecule has 0 aromatic carbocycles. The fourth-order valence-electron chi connectivity index (χ4n) is 1.01. The maximum Gasteiger partial charge on any atom is 0.0311 e. The van der Waals surface area contributed by atoms with E-state index >= 15 is 0 Å². The van der Waals surface area contributed by atoms with Crippen molar-refractivity contribution in [2.45, 2.75) is 25.3 Å². The molecule has 2 nitrogen and oxygen atoms in total. The Morgan fingerprint density at radius 2 is 2.38 bits per heavy atom. The van der Waals surface area contributed by atoms with E-state index in [1.807, 2.05) is 0 Å². The first-order chi connectivity index (χ1) is 3.71. The van der Waals surface area contributed by atoms with Gasteiger partial charge in [0.05, 0.1) is 0 Å². The van der Waals surface area contributed by atoms with Gasteiger partial charge in [0, 0.05) is 18.6 Å². The molecule has 1 radical (unpaired) electrons. The van der Waals surface area contributed by atoms with Gasteiger partial charge < -0.3 is 5.73 Å². The molecule has 1 heterocycles. The van der Waals surface area contributed by atoms with Gasteiger partial charge in [0.25, 0.3) is 0 Å². The van der Waals surface area contributed by atoms with Gasteiger partial charge in [-0.25, -0.2) is 5.32 Å². The van der Waals surface area contributed by atoms with Gasteiger partial charge in [-0.3, -0.25) is 0 Å². The molecule has 0 bridgehead atoms. The average molecular weight is 113 g/mol. The summed E-state index contributed by atoms with van der Waals surface area (Å²) in [6, 6.07) is 0. The largest absolute Gasteiger partial charge is 0.324 e. The van der Waals surface area contributed by atoms with Crippen LogP contribution in [0.3, 0.4) is 0 Å². The first-order valence-electron chi connectivity index (χ1n) is 3.13. The minimum Gasteiger partial charge on any atom is -0.324 e. The third-order valence-electron chi connectivity index (χ3n) is 1.54. The molecule has 2 N–H and O–H groups in total. The molecule has 1 atom stereocenters. The van der Waals surface area contributed by atoms with Crippen LogP contribution in [0.1, 0.15) is 19.8 Å². The molecule has 0 unspecified atom stereocenters. The van der Waals surface area contributed by atoms with Gasteiger partial charge in [0.15, 0.2) is 0 Å². The number of hydrogen-bond donors (Lipinski definition) is 1. The third kappa shape index (κ3) is 1.46. The highest BCUT2D eigenvalue weighted by molar-refractivity contribution is 4.84. The Hall–Kier alpha value is -0.0800. The minimum atomic E-state index is 0.0122. The standard InChI is InChI=1S/C6H13N2/c1-6(7)3-2-4-8-5-6/h2-5,7H2,1H3/t6-/m1/s1. The van der Waals surface area contributed by atoms with Crippen molar-refractivity contribution in [1.29, 1.82) is 0 Å². The molecular weight excluding hydrogens is 100 g/mol. The number of hydrogen-bond acceptors (Lipinski definition) is 1. The predicted octanol–water partition coefficient (Wildman–Crippen LogP) is 0.102. The van der Waals surface area contributed by atoms with Crippen LogP contribution in [0.2, 0.25) is 0 Å². The van der Waals surface area contributed by atoms with Crippen molar-refractivity contribution in [1.82, 2.24) is 5.32 Å².